The number of hydrogen-bond donors (Lipinski definition) is 1. The second kappa shape index (κ2) is 7.98. The van der Waals surface area contributed by atoms with Crippen molar-refractivity contribution in [2.75, 3.05) is 31.1 Å². The third-order valence-corrected chi connectivity index (χ3v) is 5.39. The fourth-order valence-electron chi connectivity index (χ4n) is 3.78. The van der Waals surface area contributed by atoms with Crippen molar-refractivity contribution in [2.24, 2.45) is 0 Å². The Morgan fingerprint density at radius 2 is 1.64 bits per heavy atom. The summed E-state index contributed by atoms with van der Waals surface area (Å²) in [4.78, 5) is 28.1. The number of anilines is 1. The van der Waals surface area contributed by atoms with Crippen LogP contribution >= 0.6 is 0 Å². The zero-order valence-electron chi connectivity index (χ0n) is 15.7. The van der Waals surface area contributed by atoms with E-state index in [1.165, 1.54) is 6.07 Å². The van der Waals surface area contributed by atoms with E-state index in [1.807, 2.05) is 41.3 Å². The Morgan fingerprint density at radius 3 is 2.29 bits per heavy atom. The van der Waals surface area contributed by atoms with Gasteiger partial charge in [0.1, 0.15) is 11.7 Å². The maximum Gasteiger partial charge on any atom is 0.292 e. The van der Waals surface area contributed by atoms with Crippen molar-refractivity contribution in [3.05, 3.63) is 70.3 Å². The van der Waals surface area contributed by atoms with E-state index in [9.17, 15) is 14.9 Å². The average Bonchev–Trinajstić information content (AvgIpc) is 3.53. The summed E-state index contributed by atoms with van der Waals surface area (Å²) >= 11 is 0. The Morgan fingerprint density at radius 1 is 1.00 bits per heavy atom. The number of carbonyl (C=O) groups excluding carboxylic acids is 1. The van der Waals surface area contributed by atoms with Crippen molar-refractivity contribution in [1.29, 1.82) is 0 Å². The van der Waals surface area contributed by atoms with Crippen molar-refractivity contribution < 1.29 is 9.72 Å². The Balaban J connectivity index is 1.50. The van der Waals surface area contributed by atoms with E-state index in [0.717, 1.165) is 18.4 Å². The molecule has 1 amide bonds. The Bertz CT molecular complexity index is 846. The second-order valence-corrected chi connectivity index (χ2v) is 7.36. The molecule has 1 heterocycles. The molecule has 1 aliphatic heterocycles. The van der Waals surface area contributed by atoms with Gasteiger partial charge in [-0.1, -0.05) is 42.5 Å². The summed E-state index contributed by atoms with van der Waals surface area (Å²) in [5, 5.41) is 14.5. The first-order valence-electron chi connectivity index (χ1n) is 9.71. The van der Waals surface area contributed by atoms with Crippen molar-refractivity contribution in [2.45, 2.75) is 24.9 Å². The van der Waals surface area contributed by atoms with Crippen molar-refractivity contribution in [3.63, 3.8) is 0 Å². The van der Waals surface area contributed by atoms with E-state index in [-0.39, 0.29) is 22.6 Å². The van der Waals surface area contributed by atoms with E-state index in [2.05, 4.69) is 10.2 Å². The molecule has 1 atom stereocenters. The van der Waals surface area contributed by atoms with Gasteiger partial charge >= 0.3 is 0 Å². The SMILES string of the molecule is O=C(NC1CC1)[C@H](c1ccccc1)N1CCN(c2ccccc2[N+](=O)[O-])CC1. The summed E-state index contributed by atoms with van der Waals surface area (Å²) in [6.45, 7) is 2.63. The molecule has 1 saturated carbocycles. The van der Waals surface area contributed by atoms with Crippen LogP contribution in [0, 0.1) is 10.1 Å². The zero-order chi connectivity index (χ0) is 19.5. The first kappa shape index (κ1) is 18.4. The van der Waals surface area contributed by atoms with E-state index in [0.29, 0.717) is 37.9 Å². The quantitative estimate of drug-likeness (QED) is 0.616. The normalized spacial score (nSPS) is 18.5. The second-order valence-electron chi connectivity index (χ2n) is 7.36. The summed E-state index contributed by atoms with van der Waals surface area (Å²) in [5.74, 6) is 0.0489. The van der Waals surface area contributed by atoms with E-state index < -0.39 is 0 Å². The van der Waals surface area contributed by atoms with Crippen LogP contribution < -0.4 is 10.2 Å². The van der Waals surface area contributed by atoms with Gasteiger partial charge in [0.05, 0.1) is 4.92 Å². The number of nitro groups is 1. The lowest BCUT2D eigenvalue weighted by Crippen LogP contribution is -2.51. The number of amides is 1. The minimum absolute atomic E-state index is 0.0489. The predicted octanol–water partition coefficient (Wildman–Crippen LogP) is 2.74. The van der Waals surface area contributed by atoms with Crippen LogP contribution in [0.2, 0.25) is 0 Å². The van der Waals surface area contributed by atoms with E-state index in [1.54, 1.807) is 12.1 Å². The van der Waals surface area contributed by atoms with Crippen LogP contribution in [0.5, 0.6) is 0 Å². The Labute approximate surface area is 164 Å². The number of carbonyl (C=O) groups is 1. The van der Waals surface area contributed by atoms with Crippen LogP contribution in [0.1, 0.15) is 24.4 Å². The molecule has 0 spiro atoms. The largest absolute Gasteiger partial charge is 0.363 e. The van der Waals surface area contributed by atoms with Crippen LogP contribution in [0.3, 0.4) is 0 Å². The first-order valence-corrected chi connectivity index (χ1v) is 9.71. The lowest BCUT2D eigenvalue weighted by molar-refractivity contribution is -0.384. The van der Waals surface area contributed by atoms with Gasteiger partial charge in [-0.15, -0.1) is 0 Å². The van der Waals surface area contributed by atoms with Gasteiger partial charge in [-0.25, -0.2) is 0 Å². The van der Waals surface area contributed by atoms with Crippen LogP contribution in [0.4, 0.5) is 11.4 Å². The number of para-hydroxylation sites is 2. The van der Waals surface area contributed by atoms with Crippen LogP contribution in [0.15, 0.2) is 54.6 Å². The molecule has 2 aromatic carbocycles. The van der Waals surface area contributed by atoms with E-state index >= 15 is 0 Å². The van der Waals surface area contributed by atoms with Crippen molar-refractivity contribution in [1.82, 2.24) is 10.2 Å². The number of nitrogens with one attached hydrogen (secondary N) is 1. The average molecular weight is 380 g/mol. The third-order valence-electron chi connectivity index (χ3n) is 5.39. The molecule has 1 saturated heterocycles. The first-order chi connectivity index (χ1) is 13.6. The van der Waals surface area contributed by atoms with Gasteiger partial charge in [0, 0.05) is 38.3 Å². The van der Waals surface area contributed by atoms with Gasteiger partial charge in [0.25, 0.3) is 5.69 Å². The van der Waals surface area contributed by atoms with E-state index in [4.69, 9.17) is 0 Å². The maximum atomic E-state index is 12.9. The molecule has 1 N–H and O–H groups in total. The topological polar surface area (TPSA) is 78.7 Å². The molecule has 0 radical (unpaired) electrons. The zero-order valence-corrected chi connectivity index (χ0v) is 15.7. The minimum atomic E-state index is -0.336. The summed E-state index contributed by atoms with van der Waals surface area (Å²) < 4.78 is 0. The lowest BCUT2D eigenvalue weighted by Gasteiger charge is -2.39. The summed E-state index contributed by atoms with van der Waals surface area (Å²) in [7, 11) is 0. The minimum Gasteiger partial charge on any atom is -0.363 e. The molecule has 0 bridgehead atoms. The number of nitrogens with zero attached hydrogens (tertiary/aromatic N) is 3. The molecule has 2 aliphatic rings. The number of benzene rings is 2. The molecule has 28 heavy (non-hydrogen) atoms. The molecule has 0 unspecified atom stereocenters. The van der Waals surface area contributed by atoms with Crippen molar-refractivity contribution in [3.8, 4) is 0 Å². The predicted molar refractivity (Wildman–Crippen MR) is 107 cm³/mol. The lowest BCUT2D eigenvalue weighted by atomic mass is 10.0. The molecule has 7 nitrogen and oxygen atoms in total. The molecule has 1 aliphatic carbocycles. The van der Waals surface area contributed by atoms with Gasteiger partial charge in [0.15, 0.2) is 0 Å². The number of rotatable bonds is 6. The number of piperazine rings is 1. The number of hydrogen-bond acceptors (Lipinski definition) is 5. The fourth-order valence-corrected chi connectivity index (χ4v) is 3.78. The van der Waals surface area contributed by atoms with Gasteiger partial charge in [-0.2, -0.15) is 0 Å². The smallest absolute Gasteiger partial charge is 0.292 e. The highest BCUT2D eigenvalue weighted by atomic mass is 16.6. The van der Waals surface area contributed by atoms with Gasteiger partial charge < -0.3 is 10.2 Å². The van der Waals surface area contributed by atoms with Gasteiger partial charge in [0.2, 0.25) is 5.91 Å². The van der Waals surface area contributed by atoms with Gasteiger partial charge in [-0.05, 0) is 24.5 Å². The monoisotopic (exact) mass is 380 g/mol. The summed E-state index contributed by atoms with van der Waals surface area (Å²) in [5.41, 5.74) is 1.76. The molecule has 146 valence electrons. The highest BCUT2D eigenvalue weighted by Crippen LogP contribution is 2.31. The van der Waals surface area contributed by atoms with Crippen LogP contribution in [-0.2, 0) is 4.79 Å². The van der Waals surface area contributed by atoms with Crippen LogP contribution in [0.25, 0.3) is 0 Å². The molecular weight excluding hydrogens is 356 g/mol. The molecule has 2 fully saturated rings. The van der Waals surface area contributed by atoms with Crippen LogP contribution in [-0.4, -0.2) is 48.0 Å². The standard InChI is InChI=1S/C21H24N4O3/c26-21(22-17-10-11-17)20(16-6-2-1-3-7-16)24-14-12-23(13-15-24)18-8-4-5-9-19(18)25(27)28/h1-9,17,20H,10-15H2,(H,22,26)/t20-/m0/s1. The van der Waals surface area contributed by atoms with Crippen molar-refractivity contribution >= 4 is 17.3 Å². The molecular formula is C21H24N4O3. The molecule has 2 aromatic rings. The summed E-state index contributed by atoms with van der Waals surface area (Å²) in [6.07, 6.45) is 2.11. The maximum absolute atomic E-state index is 12.9. The molecule has 0 aromatic heterocycles. The number of nitro benzene ring substituents is 1. The molecule has 7 heteroatoms. The van der Waals surface area contributed by atoms with Gasteiger partial charge in [-0.3, -0.25) is 19.8 Å². The molecule has 4 rings (SSSR count). The third kappa shape index (κ3) is 3.99. The summed E-state index contributed by atoms with van der Waals surface area (Å²) in [6, 6.07) is 16.7. The Hall–Kier alpha value is -2.93. The highest BCUT2D eigenvalue weighted by molar-refractivity contribution is 5.83. The Kier molecular flexibility index (Phi) is 5.25. The fraction of sp³-hybridized carbons (Fsp3) is 0.381. The highest BCUT2D eigenvalue weighted by Gasteiger charge is 2.34.